The summed E-state index contributed by atoms with van der Waals surface area (Å²) >= 11 is 0. The van der Waals surface area contributed by atoms with Crippen molar-refractivity contribution in [1.29, 1.82) is 5.26 Å². The minimum Gasteiger partial charge on any atom is -0.546 e. The lowest BCUT2D eigenvalue weighted by molar-refractivity contribution is -0.307. The van der Waals surface area contributed by atoms with E-state index >= 15 is 0 Å². The predicted molar refractivity (Wildman–Crippen MR) is 96.6 cm³/mol. The Bertz CT molecular complexity index is 960. The van der Waals surface area contributed by atoms with E-state index in [9.17, 15) is 20.0 Å². The molecule has 0 aromatic heterocycles. The number of carboxylic acids is 1. The fraction of sp³-hybridized carbons (Fsp3) is 0.150. The molecule has 8 heteroatoms. The molecule has 0 radical (unpaired) electrons. The van der Waals surface area contributed by atoms with Gasteiger partial charge in [-0.2, -0.15) is 5.26 Å². The van der Waals surface area contributed by atoms with Crippen LogP contribution in [-0.2, 0) is 9.59 Å². The van der Waals surface area contributed by atoms with Crippen LogP contribution in [0.4, 0.5) is 5.69 Å². The van der Waals surface area contributed by atoms with E-state index in [4.69, 9.17) is 14.2 Å². The molecule has 0 spiro atoms. The monoisotopic (exact) mass is 379 g/mol. The van der Waals surface area contributed by atoms with Gasteiger partial charge in [-0.15, -0.1) is 0 Å². The molecule has 1 aliphatic rings. The number of hydrogen-bond donors (Lipinski definition) is 1. The molecule has 8 nitrogen and oxygen atoms in total. The van der Waals surface area contributed by atoms with Gasteiger partial charge in [0.05, 0.1) is 5.97 Å². The van der Waals surface area contributed by atoms with Crippen LogP contribution in [-0.4, -0.2) is 31.7 Å². The number of hydrogen-bond acceptors (Lipinski definition) is 7. The van der Waals surface area contributed by atoms with Crippen molar-refractivity contribution in [2.75, 3.05) is 25.1 Å². The molecular formula is C20H15N2O6-. The maximum atomic E-state index is 12.4. The van der Waals surface area contributed by atoms with Crippen molar-refractivity contribution in [3.8, 4) is 23.3 Å². The molecule has 3 rings (SSSR count). The van der Waals surface area contributed by atoms with Crippen LogP contribution in [0.5, 0.6) is 17.2 Å². The van der Waals surface area contributed by atoms with Gasteiger partial charge < -0.3 is 29.4 Å². The number of aliphatic carboxylic acids is 1. The van der Waals surface area contributed by atoms with E-state index in [1.54, 1.807) is 30.3 Å². The number of anilines is 1. The molecule has 1 N–H and O–H groups in total. The summed E-state index contributed by atoms with van der Waals surface area (Å²) in [4.78, 5) is 22.8. The first-order valence-electron chi connectivity index (χ1n) is 8.30. The number of carbonyl (C=O) groups is 2. The smallest absolute Gasteiger partial charge is 0.266 e. The molecule has 1 heterocycles. The van der Waals surface area contributed by atoms with Gasteiger partial charge in [-0.05, 0) is 35.9 Å². The molecule has 0 atom stereocenters. The van der Waals surface area contributed by atoms with E-state index < -0.39 is 18.5 Å². The van der Waals surface area contributed by atoms with Crippen LogP contribution in [0.1, 0.15) is 5.56 Å². The van der Waals surface area contributed by atoms with Crippen LogP contribution in [0.3, 0.4) is 0 Å². The van der Waals surface area contributed by atoms with E-state index in [-0.39, 0.29) is 5.57 Å². The van der Waals surface area contributed by atoms with Gasteiger partial charge in [0.1, 0.15) is 37.2 Å². The Hall–Kier alpha value is -3.99. The highest BCUT2D eigenvalue weighted by Crippen LogP contribution is 2.32. The van der Waals surface area contributed by atoms with Gasteiger partial charge in [0.2, 0.25) is 0 Å². The highest BCUT2D eigenvalue weighted by Gasteiger charge is 2.14. The number of amides is 1. The second-order valence-corrected chi connectivity index (χ2v) is 5.71. The van der Waals surface area contributed by atoms with Crippen LogP contribution in [0.25, 0.3) is 6.08 Å². The number of carboxylic acid groups (broad SMARTS) is 1. The zero-order valence-corrected chi connectivity index (χ0v) is 14.6. The summed E-state index contributed by atoms with van der Waals surface area (Å²) < 4.78 is 15.9. The molecule has 2 aromatic rings. The van der Waals surface area contributed by atoms with Crippen LogP contribution in [0.15, 0.2) is 48.0 Å². The number of nitrogens with one attached hydrogen (secondary N) is 1. The molecule has 2 aromatic carbocycles. The first kappa shape index (κ1) is 18.8. The average Bonchev–Trinajstić information content (AvgIpc) is 2.71. The second-order valence-electron chi connectivity index (χ2n) is 5.71. The summed E-state index contributed by atoms with van der Waals surface area (Å²) in [5.74, 6) is -0.441. The van der Waals surface area contributed by atoms with Crippen molar-refractivity contribution in [2.45, 2.75) is 0 Å². The van der Waals surface area contributed by atoms with E-state index in [0.717, 1.165) is 0 Å². The standard InChI is InChI=1S/C20H16N2O6/c21-11-14(9-13-1-4-16(5-2-13)28-12-19(23)24)20(25)22-15-3-6-17-18(10-15)27-8-7-26-17/h1-6,9-10H,7-8,12H2,(H,22,25)(H,23,24)/p-1/b14-9+. The highest BCUT2D eigenvalue weighted by molar-refractivity contribution is 6.09. The molecule has 142 valence electrons. The van der Waals surface area contributed by atoms with Gasteiger partial charge in [0.25, 0.3) is 5.91 Å². The predicted octanol–water partition coefficient (Wildman–Crippen LogP) is 1.13. The number of fused-ring (bicyclic) bond motifs is 1. The van der Waals surface area contributed by atoms with Crippen molar-refractivity contribution < 1.29 is 28.9 Å². The molecular weight excluding hydrogens is 364 g/mol. The summed E-state index contributed by atoms with van der Waals surface area (Å²) in [5.41, 5.74) is 0.953. The van der Waals surface area contributed by atoms with Gasteiger partial charge in [0.15, 0.2) is 11.5 Å². The first-order valence-corrected chi connectivity index (χ1v) is 8.30. The van der Waals surface area contributed by atoms with E-state index in [0.29, 0.717) is 41.7 Å². The third-order valence-corrected chi connectivity index (χ3v) is 3.71. The molecule has 28 heavy (non-hydrogen) atoms. The zero-order chi connectivity index (χ0) is 19.9. The second kappa shape index (κ2) is 8.60. The highest BCUT2D eigenvalue weighted by atomic mass is 16.6. The molecule has 1 aliphatic heterocycles. The van der Waals surface area contributed by atoms with Crippen molar-refractivity contribution in [3.63, 3.8) is 0 Å². The quantitative estimate of drug-likeness (QED) is 0.590. The molecule has 0 unspecified atom stereocenters. The van der Waals surface area contributed by atoms with Crippen molar-refractivity contribution in [3.05, 3.63) is 53.6 Å². The minimum atomic E-state index is -1.33. The number of benzene rings is 2. The van der Waals surface area contributed by atoms with Gasteiger partial charge in [-0.25, -0.2) is 0 Å². The molecule has 1 amide bonds. The molecule has 0 bridgehead atoms. The third kappa shape index (κ3) is 4.80. The van der Waals surface area contributed by atoms with Gasteiger partial charge in [-0.3, -0.25) is 4.79 Å². The summed E-state index contributed by atoms with van der Waals surface area (Å²) in [6, 6.07) is 13.1. The Morgan fingerprint density at radius 1 is 1.14 bits per heavy atom. The minimum absolute atomic E-state index is 0.0988. The van der Waals surface area contributed by atoms with Gasteiger partial charge >= 0.3 is 0 Å². The number of nitrogens with zero attached hydrogens (tertiary/aromatic N) is 1. The van der Waals surface area contributed by atoms with Crippen LogP contribution < -0.4 is 24.6 Å². The topological polar surface area (TPSA) is 121 Å². The maximum absolute atomic E-state index is 12.4. The largest absolute Gasteiger partial charge is 0.546 e. The molecule has 0 saturated carbocycles. The maximum Gasteiger partial charge on any atom is 0.266 e. The Morgan fingerprint density at radius 3 is 2.54 bits per heavy atom. The van der Waals surface area contributed by atoms with Crippen molar-refractivity contribution in [2.24, 2.45) is 0 Å². The fourth-order valence-corrected chi connectivity index (χ4v) is 2.44. The number of nitriles is 1. The normalized spacial score (nSPS) is 12.6. The van der Waals surface area contributed by atoms with Gasteiger partial charge in [0, 0.05) is 11.8 Å². The lowest BCUT2D eigenvalue weighted by atomic mass is 10.1. The van der Waals surface area contributed by atoms with E-state index in [2.05, 4.69) is 5.32 Å². The van der Waals surface area contributed by atoms with Gasteiger partial charge in [-0.1, -0.05) is 12.1 Å². The summed E-state index contributed by atoms with van der Waals surface area (Å²) in [5, 5.41) is 22.3. The summed E-state index contributed by atoms with van der Waals surface area (Å²) in [7, 11) is 0. The zero-order valence-electron chi connectivity index (χ0n) is 14.6. The van der Waals surface area contributed by atoms with Crippen molar-refractivity contribution >= 4 is 23.6 Å². The molecule has 0 fully saturated rings. The van der Waals surface area contributed by atoms with E-state index in [1.807, 2.05) is 6.07 Å². The Balaban J connectivity index is 1.69. The van der Waals surface area contributed by atoms with E-state index in [1.165, 1.54) is 18.2 Å². The fourth-order valence-electron chi connectivity index (χ4n) is 2.44. The molecule has 0 aliphatic carbocycles. The summed E-state index contributed by atoms with van der Waals surface area (Å²) in [6.07, 6.45) is 1.41. The number of carbonyl (C=O) groups excluding carboxylic acids is 2. The Kier molecular flexibility index (Phi) is 5.77. The Morgan fingerprint density at radius 2 is 1.86 bits per heavy atom. The summed E-state index contributed by atoms with van der Waals surface area (Å²) in [6.45, 7) is 0.337. The van der Waals surface area contributed by atoms with Crippen LogP contribution in [0, 0.1) is 11.3 Å². The average molecular weight is 379 g/mol. The SMILES string of the molecule is N#C/C(=C\c1ccc(OCC(=O)[O-])cc1)C(=O)Nc1ccc2c(c1)OCCO2. The number of rotatable bonds is 6. The van der Waals surface area contributed by atoms with Crippen LogP contribution >= 0.6 is 0 Å². The lowest BCUT2D eigenvalue weighted by Crippen LogP contribution is -2.28. The third-order valence-electron chi connectivity index (χ3n) is 3.71. The lowest BCUT2D eigenvalue weighted by Gasteiger charge is -2.18. The first-order chi connectivity index (χ1) is 13.5. The molecule has 0 saturated heterocycles. The Labute approximate surface area is 160 Å². The number of ether oxygens (including phenoxy) is 3. The van der Waals surface area contributed by atoms with Crippen molar-refractivity contribution in [1.82, 2.24) is 0 Å². The van der Waals surface area contributed by atoms with Crippen LogP contribution in [0.2, 0.25) is 0 Å².